The first-order valence-corrected chi connectivity index (χ1v) is 13.0. The summed E-state index contributed by atoms with van der Waals surface area (Å²) in [6.07, 6.45) is -15.8. The molecule has 2 fully saturated rings. The molecule has 2 saturated heterocycles. The van der Waals surface area contributed by atoms with Crippen LogP contribution in [0.4, 0.5) is 0 Å². The minimum absolute atomic E-state index is 0.0160. The fourth-order valence-electron chi connectivity index (χ4n) is 4.87. The zero-order valence-electron chi connectivity index (χ0n) is 22.3. The molecule has 0 radical (unpaired) electrons. The van der Waals surface area contributed by atoms with Gasteiger partial charge in [-0.1, -0.05) is 0 Å². The van der Waals surface area contributed by atoms with E-state index in [-0.39, 0.29) is 16.9 Å². The molecule has 2 aliphatic rings. The van der Waals surface area contributed by atoms with Crippen LogP contribution in [0, 0.1) is 0 Å². The summed E-state index contributed by atoms with van der Waals surface area (Å²) in [6.45, 7) is 0.778. The van der Waals surface area contributed by atoms with E-state index in [4.69, 9.17) is 23.4 Å². The first-order valence-electron chi connectivity index (χ1n) is 13.0. The lowest BCUT2D eigenvalue weighted by Gasteiger charge is -2.39. The summed E-state index contributed by atoms with van der Waals surface area (Å²) in [7, 11) is 0. The van der Waals surface area contributed by atoms with Crippen LogP contribution in [0.1, 0.15) is 6.92 Å². The molecule has 10 atom stereocenters. The molecule has 5 rings (SSSR count). The Labute approximate surface area is 241 Å². The largest absolute Gasteiger partial charge is 0.508 e. The van der Waals surface area contributed by atoms with Crippen LogP contribution in [0.2, 0.25) is 0 Å². The molecule has 16 nitrogen and oxygen atoms in total. The quantitative estimate of drug-likeness (QED) is 0.134. The van der Waals surface area contributed by atoms with E-state index in [1.807, 2.05) is 0 Å². The second-order valence-electron chi connectivity index (χ2n) is 10.3. The Kier molecular flexibility index (Phi) is 8.41. The number of rotatable bonds is 7. The minimum Gasteiger partial charge on any atom is -0.508 e. The van der Waals surface area contributed by atoms with Crippen molar-refractivity contribution in [2.24, 2.45) is 0 Å². The molecule has 0 spiro atoms. The highest BCUT2D eigenvalue weighted by atomic mass is 16.7. The van der Waals surface area contributed by atoms with Crippen LogP contribution < -0.4 is 10.2 Å². The normalized spacial score (nSPS) is 31.7. The molecule has 3 aromatic rings. The fourth-order valence-corrected chi connectivity index (χ4v) is 4.87. The van der Waals surface area contributed by atoms with Gasteiger partial charge in [-0.2, -0.15) is 0 Å². The van der Waals surface area contributed by atoms with Gasteiger partial charge < -0.3 is 74.4 Å². The van der Waals surface area contributed by atoms with Gasteiger partial charge in [0, 0.05) is 17.7 Å². The Morgan fingerprint density at radius 2 is 1.51 bits per heavy atom. The summed E-state index contributed by atoms with van der Waals surface area (Å²) in [6, 6.07) is 5.27. The highest BCUT2D eigenvalue weighted by Gasteiger charge is 2.49. The summed E-state index contributed by atoms with van der Waals surface area (Å²) in [5.74, 6) is -3.25. The number of fused-ring (bicyclic) bond motifs is 1. The van der Waals surface area contributed by atoms with Crippen LogP contribution in [0.5, 0.6) is 28.7 Å². The number of benzene rings is 2. The fraction of sp³-hybridized carbons (Fsp3) is 0.444. The average Bonchev–Trinajstić information content (AvgIpc) is 3.24. The van der Waals surface area contributed by atoms with Crippen LogP contribution in [-0.2, 0) is 14.2 Å². The number of hydrogen-bond acceptors (Lipinski definition) is 16. The number of aliphatic hydroxyl groups is 6. The molecule has 0 saturated carbocycles. The van der Waals surface area contributed by atoms with E-state index in [0.29, 0.717) is 0 Å². The molecular formula is C27H30O16. The van der Waals surface area contributed by atoms with Crippen molar-refractivity contribution in [1.29, 1.82) is 0 Å². The summed E-state index contributed by atoms with van der Waals surface area (Å²) in [5.41, 5.74) is -1.30. The van der Waals surface area contributed by atoms with Crippen molar-refractivity contribution in [3.05, 3.63) is 40.6 Å². The second-order valence-corrected chi connectivity index (χ2v) is 10.3. The van der Waals surface area contributed by atoms with E-state index in [0.717, 1.165) is 24.3 Å². The molecule has 0 unspecified atom stereocenters. The Morgan fingerprint density at radius 1 is 0.814 bits per heavy atom. The zero-order chi connectivity index (χ0) is 31.3. The summed E-state index contributed by atoms with van der Waals surface area (Å²) in [5, 5.41) is 101. The summed E-state index contributed by atoms with van der Waals surface area (Å²) < 4.78 is 27.5. The highest BCUT2D eigenvalue weighted by Crippen LogP contribution is 2.39. The minimum atomic E-state index is -1.86. The Balaban J connectivity index is 1.41. The number of phenols is 4. The van der Waals surface area contributed by atoms with Crippen LogP contribution in [0.15, 0.2) is 39.5 Å². The lowest BCUT2D eigenvalue weighted by molar-refractivity contribution is -0.299. The molecular weight excluding hydrogens is 580 g/mol. The Hall–Kier alpha value is -3.71. The van der Waals surface area contributed by atoms with Crippen LogP contribution >= 0.6 is 0 Å². The number of hydrogen-bond donors (Lipinski definition) is 10. The standard InChI is InChI=1S/C27H30O16/c1-8-17(33)19(35)21(37)26(40-8)39-7-14(32)24-20(36)22(38)27(42-24)43-25-18(34)16-13(31)5-10(28)6-15(16)41-23(25)9-2-3-11(29)12(30)4-9/h2-6,8,14,17,19-22,24,26-33,35-38H,7H2,1H3/t8-,14+,17-,19+,20+,21+,22+,24-,26+,27+/m1/s1. The highest BCUT2D eigenvalue weighted by molar-refractivity contribution is 5.88. The number of ether oxygens (including phenoxy) is 4. The molecule has 3 heterocycles. The first-order chi connectivity index (χ1) is 20.3. The lowest BCUT2D eigenvalue weighted by Crippen LogP contribution is -2.57. The SMILES string of the molecule is C[C@H]1O[C@H](OC[C@H](O)[C@H]2O[C@@H](Oc3c(-c4ccc(O)c(O)c4)oc4cc(O)cc(O)c4c3=O)[C@@H](O)[C@@H]2O)[C@@H](O)[C@@H](O)[C@@H]1O. The predicted octanol–water partition coefficient (Wildman–Crippen LogP) is -1.69. The van der Waals surface area contributed by atoms with Gasteiger partial charge in [0.25, 0.3) is 0 Å². The van der Waals surface area contributed by atoms with Crippen LogP contribution in [0.25, 0.3) is 22.3 Å². The smallest absolute Gasteiger partial charge is 0.239 e. The molecule has 43 heavy (non-hydrogen) atoms. The van der Waals surface area contributed by atoms with E-state index < -0.39 is 108 Å². The Morgan fingerprint density at radius 3 is 2.21 bits per heavy atom. The van der Waals surface area contributed by atoms with Crippen molar-refractivity contribution in [2.45, 2.75) is 68.3 Å². The van der Waals surface area contributed by atoms with Gasteiger partial charge in [0.2, 0.25) is 17.5 Å². The molecule has 0 amide bonds. The number of aromatic hydroxyl groups is 4. The van der Waals surface area contributed by atoms with Crippen molar-refractivity contribution in [2.75, 3.05) is 6.61 Å². The van der Waals surface area contributed by atoms with E-state index in [1.54, 1.807) is 0 Å². The van der Waals surface area contributed by atoms with Crippen molar-refractivity contribution < 1.29 is 74.4 Å². The molecule has 0 bridgehead atoms. The van der Waals surface area contributed by atoms with Gasteiger partial charge in [-0.3, -0.25) is 4.79 Å². The van der Waals surface area contributed by atoms with E-state index in [1.165, 1.54) is 13.0 Å². The third-order valence-electron chi connectivity index (χ3n) is 7.26. The van der Waals surface area contributed by atoms with E-state index >= 15 is 0 Å². The molecule has 10 N–H and O–H groups in total. The summed E-state index contributed by atoms with van der Waals surface area (Å²) in [4.78, 5) is 13.5. The average molecular weight is 611 g/mol. The second kappa shape index (κ2) is 11.8. The zero-order valence-corrected chi connectivity index (χ0v) is 22.3. The van der Waals surface area contributed by atoms with Gasteiger partial charge in [0.15, 0.2) is 23.5 Å². The third-order valence-corrected chi connectivity index (χ3v) is 7.26. The number of aliphatic hydroxyl groups excluding tert-OH is 6. The van der Waals surface area contributed by atoms with Gasteiger partial charge in [-0.15, -0.1) is 0 Å². The van der Waals surface area contributed by atoms with Crippen molar-refractivity contribution in [3.63, 3.8) is 0 Å². The van der Waals surface area contributed by atoms with Crippen LogP contribution in [0.3, 0.4) is 0 Å². The van der Waals surface area contributed by atoms with Crippen molar-refractivity contribution in [3.8, 4) is 40.1 Å². The van der Waals surface area contributed by atoms with Crippen LogP contribution in [-0.4, -0.2) is 119 Å². The molecule has 2 aliphatic heterocycles. The third kappa shape index (κ3) is 5.67. The predicted molar refractivity (Wildman–Crippen MR) is 140 cm³/mol. The van der Waals surface area contributed by atoms with Gasteiger partial charge in [0.1, 0.15) is 65.2 Å². The molecule has 16 heteroatoms. The lowest BCUT2D eigenvalue weighted by atomic mass is 10.00. The van der Waals surface area contributed by atoms with E-state index in [9.17, 15) is 55.9 Å². The van der Waals surface area contributed by atoms with Gasteiger partial charge >= 0.3 is 0 Å². The number of phenolic OH excluding ortho intramolecular Hbond substituents is 4. The first kappa shape index (κ1) is 30.7. The maximum absolute atomic E-state index is 13.5. The molecule has 2 aromatic carbocycles. The molecule has 234 valence electrons. The Bertz CT molecular complexity index is 1540. The van der Waals surface area contributed by atoms with Crippen molar-refractivity contribution in [1.82, 2.24) is 0 Å². The maximum atomic E-state index is 13.5. The summed E-state index contributed by atoms with van der Waals surface area (Å²) >= 11 is 0. The van der Waals surface area contributed by atoms with E-state index in [2.05, 4.69) is 0 Å². The topological polar surface area (TPSA) is 269 Å². The van der Waals surface area contributed by atoms with Crippen molar-refractivity contribution >= 4 is 11.0 Å². The van der Waals surface area contributed by atoms with Gasteiger partial charge in [-0.05, 0) is 25.1 Å². The van der Waals surface area contributed by atoms with Gasteiger partial charge in [0.05, 0.1) is 12.7 Å². The maximum Gasteiger partial charge on any atom is 0.239 e. The van der Waals surface area contributed by atoms with Gasteiger partial charge in [-0.25, -0.2) is 0 Å². The molecule has 0 aliphatic carbocycles. The monoisotopic (exact) mass is 610 g/mol. The molecule has 1 aromatic heterocycles.